The van der Waals surface area contributed by atoms with Crippen LogP contribution in [0.25, 0.3) is 0 Å². The summed E-state index contributed by atoms with van der Waals surface area (Å²) in [5.41, 5.74) is 0.993. The lowest BCUT2D eigenvalue weighted by molar-refractivity contribution is -0.0820. The third-order valence-corrected chi connectivity index (χ3v) is 4.08. The van der Waals surface area contributed by atoms with Crippen molar-refractivity contribution in [2.24, 2.45) is 0 Å². The molecular formula is C17H27NO2. The summed E-state index contributed by atoms with van der Waals surface area (Å²) in [5.74, 6) is 0. The summed E-state index contributed by atoms with van der Waals surface area (Å²) in [6.07, 6.45) is 0.993. The summed E-state index contributed by atoms with van der Waals surface area (Å²) >= 11 is 0. The molecule has 0 bridgehead atoms. The van der Waals surface area contributed by atoms with Crippen LogP contribution >= 0.6 is 0 Å². The van der Waals surface area contributed by atoms with Gasteiger partial charge in [-0.25, -0.2) is 0 Å². The molecule has 1 unspecified atom stereocenters. The van der Waals surface area contributed by atoms with E-state index in [0.29, 0.717) is 12.6 Å². The molecule has 1 fully saturated rings. The largest absolute Gasteiger partial charge is 0.395 e. The van der Waals surface area contributed by atoms with Crippen LogP contribution in [0.5, 0.6) is 0 Å². The van der Waals surface area contributed by atoms with Crippen molar-refractivity contribution >= 4 is 0 Å². The Labute approximate surface area is 122 Å². The second-order valence-electron chi connectivity index (χ2n) is 6.86. The molecule has 1 aromatic rings. The normalized spacial score (nSPS) is 24.2. The SMILES string of the molecule is CC1(C)CC(N(CCO)Cc2ccccc2)C(C)(C)O1. The monoisotopic (exact) mass is 277 g/mol. The number of ether oxygens (including phenoxy) is 1. The zero-order valence-electron chi connectivity index (χ0n) is 13.1. The molecule has 3 heteroatoms. The van der Waals surface area contributed by atoms with Crippen LogP contribution in [0.2, 0.25) is 0 Å². The van der Waals surface area contributed by atoms with Gasteiger partial charge >= 0.3 is 0 Å². The van der Waals surface area contributed by atoms with Crippen LogP contribution in [-0.4, -0.2) is 40.4 Å². The van der Waals surface area contributed by atoms with Crippen molar-refractivity contribution in [3.8, 4) is 0 Å². The average Bonchev–Trinajstić information content (AvgIpc) is 2.58. The molecular weight excluding hydrogens is 250 g/mol. The van der Waals surface area contributed by atoms with E-state index in [0.717, 1.165) is 13.0 Å². The maximum Gasteiger partial charge on any atom is 0.0789 e. The first-order valence-corrected chi connectivity index (χ1v) is 7.43. The molecule has 1 saturated heterocycles. The van der Waals surface area contributed by atoms with Crippen LogP contribution in [0.15, 0.2) is 30.3 Å². The zero-order valence-corrected chi connectivity index (χ0v) is 13.1. The Morgan fingerprint density at radius 1 is 1.20 bits per heavy atom. The maximum atomic E-state index is 9.39. The van der Waals surface area contributed by atoms with E-state index in [4.69, 9.17) is 4.74 Å². The molecule has 0 radical (unpaired) electrons. The van der Waals surface area contributed by atoms with Gasteiger partial charge in [0.25, 0.3) is 0 Å². The van der Waals surface area contributed by atoms with Crippen molar-refractivity contribution in [1.29, 1.82) is 0 Å². The smallest absolute Gasteiger partial charge is 0.0789 e. The van der Waals surface area contributed by atoms with Crippen LogP contribution in [-0.2, 0) is 11.3 Å². The van der Waals surface area contributed by atoms with Crippen LogP contribution in [0.4, 0.5) is 0 Å². The van der Waals surface area contributed by atoms with Crippen molar-refractivity contribution in [3.63, 3.8) is 0 Å². The average molecular weight is 277 g/mol. The van der Waals surface area contributed by atoms with Gasteiger partial charge in [-0.3, -0.25) is 4.90 Å². The van der Waals surface area contributed by atoms with Crippen molar-refractivity contribution < 1.29 is 9.84 Å². The summed E-state index contributed by atoms with van der Waals surface area (Å²) in [4.78, 5) is 2.35. The molecule has 1 aromatic carbocycles. The van der Waals surface area contributed by atoms with Crippen molar-refractivity contribution in [3.05, 3.63) is 35.9 Å². The molecule has 3 nitrogen and oxygen atoms in total. The molecule has 0 aromatic heterocycles. The fourth-order valence-electron chi connectivity index (χ4n) is 3.39. The molecule has 0 amide bonds. The van der Waals surface area contributed by atoms with E-state index in [2.05, 4.69) is 56.9 Å². The first-order valence-electron chi connectivity index (χ1n) is 7.43. The Bertz CT molecular complexity index is 428. The van der Waals surface area contributed by atoms with Gasteiger partial charge in [0.15, 0.2) is 0 Å². The molecule has 1 heterocycles. The van der Waals surface area contributed by atoms with Crippen molar-refractivity contribution in [2.45, 2.75) is 57.9 Å². The highest BCUT2D eigenvalue weighted by molar-refractivity contribution is 5.15. The predicted octanol–water partition coefficient (Wildman–Crippen LogP) is 2.83. The highest BCUT2D eigenvalue weighted by atomic mass is 16.5. The molecule has 1 N–H and O–H groups in total. The van der Waals surface area contributed by atoms with Crippen LogP contribution in [0, 0.1) is 0 Å². The fraction of sp³-hybridized carbons (Fsp3) is 0.647. The van der Waals surface area contributed by atoms with E-state index in [1.807, 2.05) is 6.07 Å². The Balaban J connectivity index is 2.16. The second kappa shape index (κ2) is 5.84. The van der Waals surface area contributed by atoms with Crippen molar-refractivity contribution in [1.82, 2.24) is 4.90 Å². The van der Waals surface area contributed by atoms with Crippen LogP contribution < -0.4 is 0 Å². The molecule has 0 aliphatic carbocycles. The molecule has 0 spiro atoms. The quantitative estimate of drug-likeness (QED) is 0.898. The molecule has 1 aliphatic rings. The van der Waals surface area contributed by atoms with Gasteiger partial charge in [-0.1, -0.05) is 30.3 Å². The topological polar surface area (TPSA) is 32.7 Å². The van der Waals surface area contributed by atoms with E-state index in [1.165, 1.54) is 5.56 Å². The lowest BCUT2D eigenvalue weighted by atomic mass is 9.92. The summed E-state index contributed by atoms with van der Waals surface area (Å²) in [6.45, 7) is 10.3. The number of hydrogen-bond donors (Lipinski definition) is 1. The van der Waals surface area contributed by atoms with E-state index >= 15 is 0 Å². The molecule has 2 rings (SSSR count). The highest BCUT2D eigenvalue weighted by Crippen LogP contribution is 2.40. The molecule has 0 saturated carbocycles. The number of rotatable bonds is 5. The van der Waals surface area contributed by atoms with E-state index in [-0.39, 0.29) is 17.8 Å². The summed E-state index contributed by atoms with van der Waals surface area (Å²) in [7, 11) is 0. The second-order valence-corrected chi connectivity index (χ2v) is 6.86. The van der Waals surface area contributed by atoms with Gasteiger partial charge in [-0.15, -0.1) is 0 Å². The summed E-state index contributed by atoms with van der Waals surface area (Å²) < 4.78 is 6.19. The predicted molar refractivity (Wildman–Crippen MR) is 81.6 cm³/mol. The lowest BCUT2D eigenvalue weighted by Gasteiger charge is -2.36. The third-order valence-electron chi connectivity index (χ3n) is 4.08. The minimum Gasteiger partial charge on any atom is -0.395 e. The molecule has 112 valence electrons. The maximum absolute atomic E-state index is 9.39. The lowest BCUT2D eigenvalue weighted by Crippen LogP contribution is -2.47. The van der Waals surface area contributed by atoms with Gasteiger partial charge in [0.05, 0.1) is 17.8 Å². The van der Waals surface area contributed by atoms with Crippen molar-refractivity contribution in [2.75, 3.05) is 13.2 Å². The highest BCUT2D eigenvalue weighted by Gasteiger charge is 2.48. The van der Waals surface area contributed by atoms with E-state index in [1.54, 1.807) is 0 Å². The number of benzene rings is 1. The first kappa shape index (κ1) is 15.5. The zero-order chi connectivity index (χ0) is 14.8. The number of aliphatic hydroxyl groups excluding tert-OH is 1. The standard InChI is InChI=1S/C17H27NO2/c1-16(2)12-15(17(3,4)20-16)18(10-11-19)13-14-8-6-5-7-9-14/h5-9,15,19H,10-13H2,1-4H3. The Morgan fingerprint density at radius 2 is 1.85 bits per heavy atom. The molecule has 20 heavy (non-hydrogen) atoms. The summed E-state index contributed by atoms with van der Waals surface area (Å²) in [6, 6.07) is 10.8. The van der Waals surface area contributed by atoms with Gasteiger partial charge in [0.1, 0.15) is 0 Å². The van der Waals surface area contributed by atoms with Gasteiger partial charge in [-0.2, -0.15) is 0 Å². The minimum atomic E-state index is -0.187. The van der Waals surface area contributed by atoms with Gasteiger partial charge < -0.3 is 9.84 Å². The minimum absolute atomic E-state index is 0.0987. The summed E-state index contributed by atoms with van der Waals surface area (Å²) in [5, 5.41) is 9.39. The van der Waals surface area contributed by atoms with Gasteiger partial charge in [-0.05, 0) is 39.7 Å². The Kier molecular flexibility index (Phi) is 4.52. The Hall–Kier alpha value is -0.900. The Morgan fingerprint density at radius 3 is 2.35 bits per heavy atom. The number of hydrogen-bond acceptors (Lipinski definition) is 3. The fourth-order valence-corrected chi connectivity index (χ4v) is 3.39. The van der Waals surface area contributed by atoms with Gasteiger partial charge in [0, 0.05) is 19.1 Å². The number of aliphatic hydroxyl groups is 1. The first-order chi connectivity index (χ1) is 9.34. The third kappa shape index (κ3) is 3.60. The molecule has 1 atom stereocenters. The van der Waals surface area contributed by atoms with E-state index < -0.39 is 0 Å². The number of nitrogens with zero attached hydrogens (tertiary/aromatic N) is 1. The van der Waals surface area contributed by atoms with Crippen LogP contribution in [0.1, 0.15) is 39.7 Å². The molecule has 1 aliphatic heterocycles. The van der Waals surface area contributed by atoms with E-state index in [9.17, 15) is 5.11 Å². The van der Waals surface area contributed by atoms with Crippen LogP contribution in [0.3, 0.4) is 0 Å². The van der Waals surface area contributed by atoms with Gasteiger partial charge in [0.2, 0.25) is 0 Å².